The van der Waals surface area contributed by atoms with E-state index >= 15 is 0 Å². The molecule has 1 atom stereocenters. The molecule has 1 aliphatic rings. The summed E-state index contributed by atoms with van der Waals surface area (Å²) in [7, 11) is 0. The molecule has 2 heterocycles. The fourth-order valence-corrected chi connectivity index (χ4v) is 4.92. The third-order valence-corrected chi connectivity index (χ3v) is 6.27. The number of fused-ring (bicyclic) bond motifs is 1. The van der Waals surface area contributed by atoms with E-state index in [4.69, 9.17) is 4.98 Å². The van der Waals surface area contributed by atoms with Gasteiger partial charge in [0.25, 0.3) is 0 Å². The lowest BCUT2D eigenvalue weighted by atomic mass is 10.0. The van der Waals surface area contributed by atoms with E-state index < -0.39 is 0 Å². The van der Waals surface area contributed by atoms with E-state index in [9.17, 15) is 5.11 Å². The molecule has 22 heavy (non-hydrogen) atoms. The molecule has 1 unspecified atom stereocenters. The number of aromatic nitrogens is 1. The lowest BCUT2D eigenvalue weighted by Gasteiger charge is -2.28. The van der Waals surface area contributed by atoms with Gasteiger partial charge in [0.05, 0.1) is 18.8 Å². The smallest absolute Gasteiger partial charge is 0.107 e. The van der Waals surface area contributed by atoms with Crippen molar-refractivity contribution in [2.24, 2.45) is 0 Å². The number of rotatable bonds is 7. The van der Waals surface area contributed by atoms with Crippen molar-refractivity contribution >= 4 is 22.7 Å². The van der Waals surface area contributed by atoms with Gasteiger partial charge in [-0.05, 0) is 54.5 Å². The first kappa shape index (κ1) is 16.1. The lowest BCUT2D eigenvalue weighted by Crippen LogP contribution is -2.36. The SMILES string of the molecule is CCC(CO)N(Cc1ccsc1)Cc1nc2c(s1)CCCC2. The van der Waals surface area contributed by atoms with E-state index in [-0.39, 0.29) is 12.6 Å². The van der Waals surface area contributed by atoms with Gasteiger partial charge in [0.2, 0.25) is 0 Å². The zero-order valence-electron chi connectivity index (χ0n) is 13.1. The molecule has 1 aliphatic carbocycles. The number of aliphatic hydroxyl groups excluding tert-OH is 1. The van der Waals surface area contributed by atoms with Gasteiger partial charge in [0, 0.05) is 17.5 Å². The topological polar surface area (TPSA) is 36.4 Å². The second-order valence-electron chi connectivity index (χ2n) is 5.97. The second kappa shape index (κ2) is 7.68. The van der Waals surface area contributed by atoms with Crippen LogP contribution in [0, 0.1) is 0 Å². The van der Waals surface area contributed by atoms with Gasteiger partial charge in [-0.15, -0.1) is 11.3 Å². The zero-order chi connectivity index (χ0) is 15.4. The summed E-state index contributed by atoms with van der Waals surface area (Å²) in [4.78, 5) is 8.74. The number of aryl methyl sites for hydroxylation is 2. The number of hydrogen-bond acceptors (Lipinski definition) is 5. The van der Waals surface area contributed by atoms with Gasteiger partial charge in [0.15, 0.2) is 0 Å². The van der Waals surface area contributed by atoms with Gasteiger partial charge in [0.1, 0.15) is 5.01 Å². The van der Waals surface area contributed by atoms with Crippen LogP contribution in [0.3, 0.4) is 0 Å². The highest BCUT2D eigenvalue weighted by Crippen LogP contribution is 2.28. The third-order valence-electron chi connectivity index (χ3n) is 4.39. The first-order valence-corrected chi connectivity index (χ1v) is 9.89. The van der Waals surface area contributed by atoms with Crippen LogP contribution in [-0.2, 0) is 25.9 Å². The van der Waals surface area contributed by atoms with Crippen LogP contribution in [0.5, 0.6) is 0 Å². The van der Waals surface area contributed by atoms with Gasteiger partial charge in [-0.1, -0.05) is 6.92 Å². The Labute approximate surface area is 140 Å². The van der Waals surface area contributed by atoms with Crippen molar-refractivity contribution in [2.45, 2.75) is 58.2 Å². The number of thiophene rings is 1. The Morgan fingerprint density at radius 1 is 1.32 bits per heavy atom. The molecule has 0 radical (unpaired) electrons. The molecule has 0 bridgehead atoms. The highest BCUT2D eigenvalue weighted by molar-refractivity contribution is 7.11. The monoisotopic (exact) mass is 336 g/mol. The first-order chi connectivity index (χ1) is 10.8. The Morgan fingerprint density at radius 2 is 2.18 bits per heavy atom. The standard InChI is InChI=1S/C17H24N2OS2/c1-2-14(11-20)19(9-13-7-8-21-12-13)10-17-18-15-5-3-4-6-16(15)22-17/h7-8,12,14,20H,2-6,9-11H2,1H3. The van der Waals surface area contributed by atoms with Crippen LogP contribution in [0.4, 0.5) is 0 Å². The fraction of sp³-hybridized carbons (Fsp3) is 0.588. The molecule has 2 aromatic rings. The van der Waals surface area contributed by atoms with E-state index in [1.165, 1.54) is 40.4 Å². The van der Waals surface area contributed by atoms with Gasteiger partial charge in [-0.3, -0.25) is 4.90 Å². The maximum Gasteiger partial charge on any atom is 0.107 e. The van der Waals surface area contributed by atoms with Crippen molar-refractivity contribution < 1.29 is 5.11 Å². The summed E-state index contributed by atoms with van der Waals surface area (Å²) in [6.07, 6.45) is 5.90. The molecule has 0 spiro atoms. The summed E-state index contributed by atoms with van der Waals surface area (Å²) in [5.41, 5.74) is 2.66. The van der Waals surface area contributed by atoms with Gasteiger partial charge >= 0.3 is 0 Å². The van der Waals surface area contributed by atoms with E-state index in [1.807, 2.05) is 11.3 Å². The molecule has 0 aliphatic heterocycles. The van der Waals surface area contributed by atoms with E-state index in [1.54, 1.807) is 11.3 Å². The Bertz CT molecular complexity index is 552. The number of thiazole rings is 1. The largest absolute Gasteiger partial charge is 0.395 e. The van der Waals surface area contributed by atoms with Crippen LogP contribution in [0.1, 0.15) is 47.3 Å². The predicted octanol–water partition coefficient (Wildman–Crippen LogP) is 3.86. The number of hydrogen-bond donors (Lipinski definition) is 1. The molecular formula is C17H24N2OS2. The minimum absolute atomic E-state index is 0.209. The van der Waals surface area contributed by atoms with Crippen molar-refractivity contribution in [3.8, 4) is 0 Å². The normalized spacial score (nSPS) is 16.0. The summed E-state index contributed by atoms with van der Waals surface area (Å²) in [6, 6.07) is 2.38. The van der Waals surface area contributed by atoms with Crippen molar-refractivity contribution in [3.63, 3.8) is 0 Å². The third kappa shape index (κ3) is 3.77. The highest BCUT2D eigenvalue weighted by atomic mass is 32.1. The fourth-order valence-electron chi connectivity index (χ4n) is 3.08. The molecule has 1 N–H and O–H groups in total. The molecule has 0 saturated heterocycles. The van der Waals surface area contributed by atoms with Crippen molar-refractivity contribution in [3.05, 3.63) is 38.0 Å². The summed E-state index contributed by atoms with van der Waals surface area (Å²) < 4.78 is 0. The molecule has 2 aromatic heterocycles. The summed E-state index contributed by atoms with van der Waals surface area (Å²) >= 11 is 3.62. The Hall–Kier alpha value is -0.750. The number of nitrogens with zero attached hydrogens (tertiary/aromatic N) is 2. The molecule has 0 amide bonds. The van der Waals surface area contributed by atoms with Crippen LogP contribution >= 0.6 is 22.7 Å². The minimum atomic E-state index is 0.209. The van der Waals surface area contributed by atoms with Crippen LogP contribution in [0.15, 0.2) is 16.8 Å². The minimum Gasteiger partial charge on any atom is -0.395 e. The predicted molar refractivity (Wildman–Crippen MR) is 93.5 cm³/mol. The van der Waals surface area contributed by atoms with Crippen LogP contribution in [-0.4, -0.2) is 27.6 Å². The quantitative estimate of drug-likeness (QED) is 0.834. The van der Waals surface area contributed by atoms with Crippen LogP contribution in [0.25, 0.3) is 0 Å². The molecule has 0 saturated carbocycles. The van der Waals surface area contributed by atoms with Crippen LogP contribution in [0.2, 0.25) is 0 Å². The molecule has 3 nitrogen and oxygen atoms in total. The number of aliphatic hydroxyl groups is 1. The van der Waals surface area contributed by atoms with Crippen molar-refractivity contribution in [1.82, 2.24) is 9.88 Å². The average Bonchev–Trinajstić information content (AvgIpc) is 3.17. The van der Waals surface area contributed by atoms with E-state index in [2.05, 4.69) is 28.7 Å². The summed E-state index contributed by atoms with van der Waals surface area (Å²) in [5, 5.41) is 15.2. The van der Waals surface area contributed by atoms with Gasteiger partial charge in [-0.25, -0.2) is 4.98 Å². The molecular weight excluding hydrogens is 312 g/mol. The molecule has 5 heteroatoms. The first-order valence-electron chi connectivity index (χ1n) is 8.13. The maximum atomic E-state index is 9.71. The van der Waals surface area contributed by atoms with Crippen molar-refractivity contribution in [1.29, 1.82) is 0 Å². The molecule has 0 fully saturated rings. The van der Waals surface area contributed by atoms with Crippen LogP contribution < -0.4 is 0 Å². The molecule has 0 aromatic carbocycles. The maximum absolute atomic E-state index is 9.71. The summed E-state index contributed by atoms with van der Waals surface area (Å²) in [6.45, 7) is 4.11. The average molecular weight is 337 g/mol. The van der Waals surface area contributed by atoms with Crippen molar-refractivity contribution in [2.75, 3.05) is 6.61 Å². The van der Waals surface area contributed by atoms with Gasteiger partial charge < -0.3 is 5.11 Å². The molecule has 120 valence electrons. The lowest BCUT2D eigenvalue weighted by molar-refractivity contribution is 0.107. The Balaban J connectivity index is 1.75. The Kier molecular flexibility index (Phi) is 5.63. The second-order valence-corrected chi connectivity index (χ2v) is 7.91. The van der Waals surface area contributed by atoms with E-state index in [0.717, 1.165) is 25.9 Å². The van der Waals surface area contributed by atoms with E-state index in [0.29, 0.717) is 0 Å². The Morgan fingerprint density at radius 3 is 2.86 bits per heavy atom. The molecule has 3 rings (SSSR count). The van der Waals surface area contributed by atoms with Gasteiger partial charge in [-0.2, -0.15) is 11.3 Å². The summed E-state index contributed by atoms with van der Waals surface area (Å²) in [5.74, 6) is 0. The zero-order valence-corrected chi connectivity index (χ0v) is 14.8. The highest BCUT2D eigenvalue weighted by Gasteiger charge is 2.21.